The van der Waals surface area contributed by atoms with Gasteiger partial charge in [0.05, 0.1) is 16.7 Å². The molecule has 5 rings (SSSR count). The lowest BCUT2D eigenvalue weighted by atomic mass is 10.2. The second-order valence-electron chi connectivity index (χ2n) is 8.34. The van der Waals surface area contributed by atoms with Gasteiger partial charge in [0.2, 0.25) is 11.7 Å². The number of para-hydroxylation sites is 1. The first-order valence-corrected chi connectivity index (χ1v) is 12.4. The van der Waals surface area contributed by atoms with Crippen LogP contribution in [0.5, 0.6) is 0 Å². The molecule has 11 heteroatoms. The molecule has 2 fully saturated rings. The summed E-state index contributed by atoms with van der Waals surface area (Å²) in [6.07, 6.45) is 3.01. The smallest absolute Gasteiger partial charge is 0.263 e. The molecule has 0 saturated carbocycles. The summed E-state index contributed by atoms with van der Waals surface area (Å²) in [7, 11) is 0. The summed E-state index contributed by atoms with van der Waals surface area (Å²) >= 11 is 1.29. The predicted molar refractivity (Wildman–Crippen MR) is 128 cm³/mol. The number of hydrogen-bond donors (Lipinski definition) is 0. The van der Waals surface area contributed by atoms with Gasteiger partial charge in [-0.15, -0.1) is 16.8 Å². The van der Waals surface area contributed by atoms with Crippen LogP contribution in [-0.4, -0.2) is 85.4 Å². The fourth-order valence-electron chi connectivity index (χ4n) is 4.49. The van der Waals surface area contributed by atoms with Crippen LogP contribution in [0, 0.1) is 0 Å². The number of carbonyl (C=O) groups excluding carboxylic acids is 2. The number of benzene rings is 1. The Labute approximate surface area is 200 Å². The molecule has 0 spiro atoms. The number of rotatable bonds is 6. The molecule has 2 aromatic heterocycles. The number of carbonyl (C=O) groups is 2. The van der Waals surface area contributed by atoms with Crippen LogP contribution in [0.4, 0.5) is 0 Å². The first-order valence-electron chi connectivity index (χ1n) is 11.4. The van der Waals surface area contributed by atoms with Crippen molar-refractivity contribution in [2.75, 3.05) is 38.5 Å². The van der Waals surface area contributed by atoms with Gasteiger partial charge in [-0.1, -0.05) is 30.0 Å². The highest BCUT2D eigenvalue weighted by molar-refractivity contribution is 7.99. The van der Waals surface area contributed by atoms with Crippen LogP contribution in [0.2, 0.25) is 0 Å². The largest absolute Gasteiger partial charge is 0.368 e. The van der Waals surface area contributed by atoms with Crippen LogP contribution < -0.4 is 5.56 Å². The van der Waals surface area contributed by atoms with Gasteiger partial charge in [0.15, 0.2) is 5.16 Å². The number of hydrogen-bond acceptors (Lipinski definition) is 7. The normalized spacial score (nSPS) is 18.6. The van der Waals surface area contributed by atoms with E-state index in [4.69, 9.17) is 4.74 Å². The average Bonchev–Trinajstić information content (AvgIpc) is 3.55. The highest BCUT2D eigenvalue weighted by Crippen LogP contribution is 2.22. The van der Waals surface area contributed by atoms with E-state index < -0.39 is 0 Å². The summed E-state index contributed by atoms with van der Waals surface area (Å²) in [6, 6.07) is 7.29. The van der Waals surface area contributed by atoms with Crippen molar-refractivity contribution in [3.05, 3.63) is 47.3 Å². The molecule has 4 heterocycles. The molecule has 3 aromatic rings. The Morgan fingerprint density at radius 3 is 2.65 bits per heavy atom. The predicted octanol–water partition coefficient (Wildman–Crippen LogP) is 1.17. The summed E-state index contributed by atoms with van der Waals surface area (Å²) in [5.74, 6) is 0.621. The first kappa shape index (κ1) is 22.6. The molecule has 0 radical (unpaired) electrons. The molecular formula is C23H26N6O4S. The summed E-state index contributed by atoms with van der Waals surface area (Å²) in [5.41, 5.74) is 0.544. The van der Waals surface area contributed by atoms with Crippen molar-refractivity contribution in [1.82, 2.24) is 29.0 Å². The zero-order valence-electron chi connectivity index (χ0n) is 18.8. The second kappa shape index (κ2) is 9.59. The number of fused-ring (bicyclic) bond motifs is 3. The topological polar surface area (TPSA) is 102 Å². The molecule has 0 N–H and O–H groups in total. The van der Waals surface area contributed by atoms with Gasteiger partial charge in [0.25, 0.3) is 11.5 Å². The van der Waals surface area contributed by atoms with Crippen molar-refractivity contribution in [3.63, 3.8) is 0 Å². The van der Waals surface area contributed by atoms with Gasteiger partial charge in [-0.3, -0.25) is 23.4 Å². The van der Waals surface area contributed by atoms with E-state index in [2.05, 4.69) is 16.8 Å². The van der Waals surface area contributed by atoms with Gasteiger partial charge in [-0.25, -0.2) is 0 Å². The van der Waals surface area contributed by atoms with E-state index in [1.165, 1.54) is 16.3 Å². The number of thioether (sulfide) groups is 1. The van der Waals surface area contributed by atoms with Crippen LogP contribution in [0.25, 0.3) is 16.7 Å². The van der Waals surface area contributed by atoms with E-state index in [0.29, 0.717) is 61.2 Å². The van der Waals surface area contributed by atoms with Gasteiger partial charge >= 0.3 is 0 Å². The minimum atomic E-state index is -0.327. The van der Waals surface area contributed by atoms with E-state index in [9.17, 15) is 14.4 Å². The fourth-order valence-corrected chi connectivity index (χ4v) is 5.33. The Bertz CT molecular complexity index is 1300. The van der Waals surface area contributed by atoms with Crippen molar-refractivity contribution in [1.29, 1.82) is 0 Å². The molecule has 1 unspecified atom stereocenters. The maximum Gasteiger partial charge on any atom is 0.263 e. The summed E-state index contributed by atoms with van der Waals surface area (Å²) in [6.45, 7) is 6.72. The third kappa shape index (κ3) is 4.09. The number of nitrogens with zero attached hydrogens (tertiary/aromatic N) is 6. The van der Waals surface area contributed by atoms with E-state index in [1.807, 2.05) is 22.6 Å². The molecule has 2 aliphatic heterocycles. The van der Waals surface area contributed by atoms with Crippen LogP contribution in [0.3, 0.4) is 0 Å². The molecule has 1 atom stereocenters. The van der Waals surface area contributed by atoms with Crippen molar-refractivity contribution >= 4 is 40.3 Å². The third-order valence-electron chi connectivity index (χ3n) is 6.26. The number of aromatic nitrogens is 4. The Hall–Kier alpha value is -3.18. The number of piperazine rings is 1. The molecule has 2 saturated heterocycles. The van der Waals surface area contributed by atoms with E-state index in [-0.39, 0.29) is 29.2 Å². The van der Waals surface area contributed by atoms with Gasteiger partial charge in [0.1, 0.15) is 6.10 Å². The van der Waals surface area contributed by atoms with Crippen molar-refractivity contribution in [2.45, 2.75) is 30.6 Å². The maximum atomic E-state index is 12.9. The second-order valence-corrected chi connectivity index (χ2v) is 9.28. The number of allylic oxidation sites excluding steroid dienone is 1. The number of ether oxygens (including phenoxy) is 1. The summed E-state index contributed by atoms with van der Waals surface area (Å²) in [4.78, 5) is 41.9. The van der Waals surface area contributed by atoms with Crippen LogP contribution in [0.1, 0.15) is 12.8 Å². The van der Waals surface area contributed by atoms with E-state index in [1.54, 1.807) is 21.9 Å². The summed E-state index contributed by atoms with van der Waals surface area (Å²) < 4.78 is 8.84. The van der Waals surface area contributed by atoms with Crippen LogP contribution in [-0.2, 0) is 20.9 Å². The third-order valence-corrected chi connectivity index (χ3v) is 7.18. The lowest BCUT2D eigenvalue weighted by Crippen LogP contribution is -2.53. The highest BCUT2D eigenvalue weighted by atomic mass is 32.2. The minimum absolute atomic E-state index is 0.0188. The monoisotopic (exact) mass is 482 g/mol. The Morgan fingerprint density at radius 2 is 1.91 bits per heavy atom. The van der Waals surface area contributed by atoms with Crippen molar-refractivity contribution in [3.8, 4) is 0 Å². The van der Waals surface area contributed by atoms with Gasteiger partial charge < -0.3 is 14.5 Å². The Kier molecular flexibility index (Phi) is 6.38. The lowest BCUT2D eigenvalue weighted by Gasteiger charge is -2.35. The molecule has 34 heavy (non-hydrogen) atoms. The van der Waals surface area contributed by atoms with Crippen molar-refractivity contribution in [2.24, 2.45) is 0 Å². The molecule has 2 amide bonds. The quantitative estimate of drug-likeness (QED) is 0.384. The summed E-state index contributed by atoms with van der Waals surface area (Å²) in [5, 5.41) is 9.60. The zero-order chi connectivity index (χ0) is 23.7. The average molecular weight is 483 g/mol. The van der Waals surface area contributed by atoms with Crippen LogP contribution >= 0.6 is 11.8 Å². The maximum absolute atomic E-state index is 12.9. The minimum Gasteiger partial charge on any atom is -0.368 e. The molecular weight excluding hydrogens is 456 g/mol. The highest BCUT2D eigenvalue weighted by Gasteiger charge is 2.31. The Morgan fingerprint density at radius 1 is 1.15 bits per heavy atom. The number of amides is 2. The molecule has 0 bridgehead atoms. The lowest BCUT2D eigenvalue weighted by molar-refractivity contribution is -0.145. The fraction of sp³-hybridized carbons (Fsp3) is 0.435. The molecule has 178 valence electrons. The standard InChI is InChI=1S/C23H26N6O4S/c1-2-9-28-20(31)16-6-3-4-7-17(16)29-22(28)24-25-23(29)34-15-19(30)26-10-12-27(13-11-26)21(32)18-8-5-14-33-18/h2-4,6-7,18H,1,5,8-15H2. The molecule has 1 aromatic carbocycles. The molecule has 2 aliphatic rings. The van der Waals surface area contributed by atoms with Crippen molar-refractivity contribution < 1.29 is 14.3 Å². The molecule has 0 aliphatic carbocycles. The van der Waals surface area contributed by atoms with E-state index in [0.717, 1.165) is 12.8 Å². The SMILES string of the molecule is C=CCn1c(=O)c2ccccc2n2c(SCC(=O)N3CCN(C(=O)C4CCCO4)CC3)nnc12. The molecule has 10 nitrogen and oxygen atoms in total. The van der Waals surface area contributed by atoms with E-state index >= 15 is 0 Å². The van der Waals surface area contributed by atoms with Crippen LogP contribution in [0.15, 0.2) is 46.9 Å². The van der Waals surface area contributed by atoms with Gasteiger partial charge in [-0.05, 0) is 25.0 Å². The zero-order valence-corrected chi connectivity index (χ0v) is 19.6. The van der Waals surface area contributed by atoms with Gasteiger partial charge in [0, 0.05) is 39.3 Å². The Balaban J connectivity index is 1.29. The van der Waals surface area contributed by atoms with Gasteiger partial charge in [-0.2, -0.15) is 0 Å². The first-order chi connectivity index (χ1) is 16.6.